The first-order valence-corrected chi connectivity index (χ1v) is 11.3. The average molecular weight is 464 g/mol. The van der Waals surface area contributed by atoms with Gasteiger partial charge in [0.1, 0.15) is 17.7 Å². The summed E-state index contributed by atoms with van der Waals surface area (Å²) in [6, 6.07) is 16.2. The summed E-state index contributed by atoms with van der Waals surface area (Å²) in [6.07, 6.45) is -0.646. The SMILES string of the molecule is CC1(C(=O)O)CN(C(=O)c2csc(NC(=O)OCC3c4ccccc4-c4ccccc43)n2)C1. The Morgan fingerprint density at radius 1 is 1.12 bits per heavy atom. The summed E-state index contributed by atoms with van der Waals surface area (Å²) in [5.74, 6) is -1.33. The molecule has 1 aromatic heterocycles. The number of ether oxygens (including phenoxy) is 1. The standard InChI is InChI=1S/C24H21N3O5S/c1-24(21(29)30)12-27(13-24)20(28)19-11-33-22(25-19)26-23(31)32-10-18-16-8-4-2-6-14(16)15-7-3-5-9-17(15)18/h2-9,11,18H,10,12-13H2,1H3,(H,29,30)(H,25,26,31). The van der Waals surface area contributed by atoms with Gasteiger partial charge in [-0.1, -0.05) is 48.5 Å². The Morgan fingerprint density at radius 2 is 1.73 bits per heavy atom. The van der Waals surface area contributed by atoms with Gasteiger partial charge in [-0.25, -0.2) is 9.78 Å². The fourth-order valence-corrected chi connectivity index (χ4v) is 5.06. The summed E-state index contributed by atoms with van der Waals surface area (Å²) >= 11 is 1.11. The number of likely N-dealkylation sites (tertiary alicyclic amines) is 1. The lowest BCUT2D eigenvalue weighted by Gasteiger charge is -2.44. The molecule has 1 aliphatic carbocycles. The van der Waals surface area contributed by atoms with Crippen molar-refractivity contribution >= 4 is 34.4 Å². The summed E-state index contributed by atoms with van der Waals surface area (Å²) in [5.41, 5.74) is 3.79. The van der Waals surface area contributed by atoms with Crippen LogP contribution in [0.2, 0.25) is 0 Å². The number of aromatic nitrogens is 1. The number of carboxylic acids is 1. The first-order valence-electron chi connectivity index (χ1n) is 10.5. The second kappa shape index (κ2) is 8.00. The first kappa shape index (κ1) is 21.1. The molecule has 8 nitrogen and oxygen atoms in total. The first-order chi connectivity index (χ1) is 15.9. The molecule has 2 aliphatic rings. The lowest BCUT2D eigenvalue weighted by molar-refractivity contribution is -0.155. The van der Waals surface area contributed by atoms with Gasteiger partial charge in [0.05, 0.1) is 0 Å². The van der Waals surface area contributed by atoms with Crippen LogP contribution in [-0.2, 0) is 9.53 Å². The predicted molar refractivity (Wildman–Crippen MR) is 122 cm³/mol. The number of carbonyl (C=O) groups is 3. The smallest absolute Gasteiger partial charge is 0.413 e. The normalized spacial score (nSPS) is 15.8. The Morgan fingerprint density at radius 3 is 2.33 bits per heavy atom. The highest BCUT2D eigenvalue weighted by molar-refractivity contribution is 7.14. The van der Waals surface area contributed by atoms with Crippen LogP contribution >= 0.6 is 11.3 Å². The Kier molecular flexibility index (Phi) is 5.13. The maximum absolute atomic E-state index is 12.5. The summed E-state index contributed by atoms with van der Waals surface area (Å²) in [6.45, 7) is 2.05. The Balaban J connectivity index is 1.20. The molecular weight excluding hydrogens is 442 g/mol. The molecule has 2 heterocycles. The number of rotatable bonds is 5. The number of anilines is 1. The molecule has 0 spiro atoms. The van der Waals surface area contributed by atoms with Crippen molar-refractivity contribution in [3.63, 3.8) is 0 Å². The third-order valence-corrected chi connectivity index (χ3v) is 6.92. The molecule has 5 rings (SSSR count). The van der Waals surface area contributed by atoms with Crippen molar-refractivity contribution in [2.24, 2.45) is 5.41 Å². The van der Waals surface area contributed by atoms with E-state index < -0.39 is 17.5 Å². The van der Waals surface area contributed by atoms with Crippen LogP contribution in [0, 0.1) is 5.41 Å². The molecule has 0 atom stereocenters. The fraction of sp³-hybridized carbons (Fsp3) is 0.250. The lowest BCUT2D eigenvalue weighted by Crippen LogP contribution is -2.60. The zero-order valence-electron chi connectivity index (χ0n) is 17.8. The molecule has 3 aromatic rings. The number of hydrogen-bond acceptors (Lipinski definition) is 6. The highest BCUT2D eigenvalue weighted by atomic mass is 32.1. The van der Waals surface area contributed by atoms with E-state index in [1.54, 1.807) is 6.92 Å². The summed E-state index contributed by atoms with van der Waals surface area (Å²) < 4.78 is 5.50. The van der Waals surface area contributed by atoms with Crippen LogP contribution in [0.3, 0.4) is 0 Å². The van der Waals surface area contributed by atoms with E-state index in [9.17, 15) is 19.5 Å². The zero-order valence-corrected chi connectivity index (χ0v) is 18.6. The van der Waals surface area contributed by atoms with Crippen LogP contribution in [0.4, 0.5) is 9.93 Å². The number of hydrogen-bond donors (Lipinski definition) is 2. The van der Waals surface area contributed by atoms with Gasteiger partial charge in [0.25, 0.3) is 5.91 Å². The number of thiazole rings is 1. The Bertz CT molecular complexity index is 1220. The van der Waals surface area contributed by atoms with Crippen LogP contribution in [0.1, 0.15) is 34.5 Å². The van der Waals surface area contributed by atoms with Crippen LogP contribution < -0.4 is 5.32 Å². The lowest BCUT2D eigenvalue weighted by atomic mass is 9.82. The monoisotopic (exact) mass is 463 g/mol. The molecule has 2 N–H and O–H groups in total. The minimum absolute atomic E-state index is 0.0495. The number of nitrogens with zero attached hydrogens (tertiary/aromatic N) is 2. The van der Waals surface area contributed by atoms with E-state index in [4.69, 9.17) is 4.74 Å². The quantitative estimate of drug-likeness (QED) is 0.591. The van der Waals surface area contributed by atoms with E-state index >= 15 is 0 Å². The fourth-order valence-electron chi connectivity index (χ4n) is 4.39. The second-order valence-corrected chi connectivity index (χ2v) is 9.37. The molecule has 0 bridgehead atoms. The van der Waals surface area contributed by atoms with Crippen molar-refractivity contribution in [2.75, 3.05) is 25.0 Å². The van der Waals surface area contributed by atoms with Gasteiger partial charge in [-0.05, 0) is 29.2 Å². The van der Waals surface area contributed by atoms with E-state index in [2.05, 4.69) is 22.4 Å². The third kappa shape index (κ3) is 3.74. The maximum atomic E-state index is 12.5. The molecule has 168 valence electrons. The topological polar surface area (TPSA) is 109 Å². The Hall–Kier alpha value is -3.72. The average Bonchev–Trinajstić information content (AvgIpc) is 3.37. The molecule has 9 heteroatoms. The zero-order chi connectivity index (χ0) is 23.2. The van der Waals surface area contributed by atoms with E-state index in [0.717, 1.165) is 33.6 Å². The van der Waals surface area contributed by atoms with Gasteiger partial charge >= 0.3 is 12.1 Å². The van der Waals surface area contributed by atoms with Crippen LogP contribution in [-0.4, -0.2) is 52.7 Å². The van der Waals surface area contributed by atoms with Gasteiger partial charge in [-0.15, -0.1) is 11.3 Å². The minimum atomic E-state index is -0.928. The van der Waals surface area contributed by atoms with Gasteiger partial charge in [-0.2, -0.15) is 0 Å². The molecule has 1 saturated heterocycles. The van der Waals surface area contributed by atoms with Gasteiger partial charge in [0.15, 0.2) is 5.13 Å². The van der Waals surface area contributed by atoms with Crippen LogP contribution in [0.25, 0.3) is 11.1 Å². The van der Waals surface area contributed by atoms with E-state index in [-0.39, 0.29) is 42.3 Å². The van der Waals surface area contributed by atoms with Crippen LogP contribution in [0.5, 0.6) is 0 Å². The molecule has 2 aromatic carbocycles. The summed E-state index contributed by atoms with van der Waals surface area (Å²) in [7, 11) is 0. The van der Waals surface area contributed by atoms with E-state index in [1.807, 2.05) is 36.4 Å². The van der Waals surface area contributed by atoms with Crippen molar-refractivity contribution in [1.29, 1.82) is 0 Å². The number of amides is 2. The molecule has 1 fully saturated rings. The number of benzene rings is 2. The van der Waals surface area contributed by atoms with Crippen molar-refractivity contribution in [1.82, 2.24) is 9.88 Å². The van der Waals surface area contributed by atoms with Gasteiger partial charge in [0, 0.05) is 24.4 Å². The number of nitrogens with one attached hydrogen (secondary N) is 1. The minimum Gasteiger partial charge on any atom is -0.481 e. The molecule has 2 amide bonds. The molecule has 0 saturated carbocycles. The summed E-state index contributed by atoms with van der Waals surface area (Å²) in [4.78, 5) is 41.7. The molecular formula is C24H21N3O5S. The van der Waals surface area contributed by atoms with Gasteiger partial charge < -0.3 is 14.7 Å². The number of carboxylic acid groups (broad SMARTS) is 1. The number of aliphatic carboxylic acids is 1. The number of fused-ring (bicyclic) bond motifs is 3. The van der Waals surface area contributed by atoms with Crippen molar-refractivity contribution < 1.29 is 24.2 Å². The molecule has 1 aliphatic heterocycles. The van der Waals surface area contributed by atoms with Gasteiger partial charge in [-0.3, -0.25) is 14.9 Å². The maximum Gasteiger partial charge on any atom is 0.413 e. The molecule has 0 unspecified atom stereocenters. The van der Waals surface area contributed by atoms with Crippen molar-refractivity contribution in [3.8, 4) is 11.1 Å². The van der Waals surface area contributed by atoms with Crippen molar-refractivity contribution in [2.45, 2.75) is 12.8 Å². The highest BCUT2D eigenvalue weighted by Gasteiger charge is 2.47. The van der Waals surface area contributed by atoms with Crippen LogP contribution in [0.15, 0.2) is 53.9 Å². The predicted octanol–water partition coefficient (Wildman–Crippen LogP) is 4.05. The highest BCUT2D eigenvalue weighted by Crippen LogP contribution is 2.44. The Labute approximate surface area is 193 Å². The van der Waals surface area contributed by atoms with Gasteiger partial charge in [0.2, 0.25) is 0 Å². The molecule has 0 radical (unpaired) electrons. The number of carbonyl (C=O) groups excluding carboxylic acids is 2. The van der Waals surface area contributed by atoms with E-state index in [0.29, 0.717) is 0 Å². The second-order valence-electron chi connectivity index (χ2n) is 8.52. The largest absolute Gasteiger partial charge is 0.481 e. The van der Waals surface area contributed by atoms with E-state index in [1.165, 1.54) is 10.3 Å². The summed E-state index contributed by atoms with van der Waals surface area (Å²) in [5, 5.41) is 13.6. The van der Waals surface area contributed by atoms with Crippen molar-refractivity contribution in [3.05, 3.63) is 70.7 Å². The third-order valence-electron chi connectivity index (χ3n) is 6.16. The molecule has 33 heavy (non-hydrogen) atoms.